The van der Waals surface area contributed by atoms with Crippen LogP contribution in [0.4, 0.5) is 0 Å². The lowest BCUT2D eigenvalue weighted by Gasteiger charge is -2.21. The fourth-order valence-corrected chi connectivity index (χ4v) is 3.34. The summed E-state index contributed by atoms with van der Waals surface area (Å²) in [7, 11) is -0.942. The van der Waals surface area contributed by atoms with Gasteiger partial charge in [0.15, 0.2) is 0 Å². The highest BCUT2D eigenvalue weighted by Crippen LogP contribution is 2.19. The number of nitrogens with one attached hydrogen (secondary N) is 1. The minimum Gasteiger partial charge on any atom is -0.313 e. The molecule has 1 rings (SSSR count). The monoisotopic (exact) mass is 253 g/mol. The Morgan fingerprint density at radius 3 is 2.47 bits per heavy atom. The zero-order valence-corrected chi connectivity index (χ0v) is 12.2. The lowest BCUT2D eigenvalue weighted by Crippen LogP contribution is -2.38. The summed E-state index contributed by atoms with van der Waals surface area (Å²) in [5.74, 6) is 0. The Bertz CT molecular complexity index is 403. The van der Waals surface area contributed by atoms with Crippen LogP contribution in [0.3, 0.4) is 0 Å². The van der Waals surface area contributed by atoms with Gasteiger partial charge in [-0.3, -0.25) is 4.21 Å². The largest absolute Gasteiger partial charge is 0.313 e. The Kier molecular flexibility index (Phi) is 5.34. The normalized spacial score (nSPS) is 16.5. The summed E-state index contributed by atoms with van der Waals surface area (Å²) in [5.41, 5.74) is 2.34. The van der Waals surface area contributed by atoms with E-state index in [1.165, 1.54) is 5.56 Å². The minimum atomic E-state index is -0.942. The molecule has 1 aromatic carbocycles. The SMILES string of the molecule is CCNC(C)C(C)S(=O)c1ccc(C)cc1C. The Morgan fingerprint density at radius 1 is 1.29 bits per heavy atom. The van der Waals surface area contributed by atoms with Gasteiger partial charge in [-0.1, -0.05) is 24.6 Å². The van der Waals surface area contributed by atoms with Crippen molar-refractivity contribution >= 4 is 10.8 Å². The average molecular weight is 253 g/mol. The summed E-state index contributed by atoms with van der Waals surface area (Å²) in [6, 6.07) is 6.39. The second-order valence-electron chi connectivity index (χ2n) is 4.62. The van der Waals surface area contributed by atoms with Gasteiger partial charge in [0.25, 0.3) is 0 Å². The van der Waals surface area contributed by atoms with Crippen molar-refractivity contribution in [2.24, 2.45) is 0 Å². The van der Waals surface area contributed by atoms with E-state index in [2.05, 4.69) is 32.2 Å². The molecule has 96 valence electrons. The van der Waals surface area contributed by atoms with Crippen molar-refractivity contribution in [3.05, 3.63) is 29.3 Å². The van der Waals surface area contributed by atoms with Crippen molar-refractivity contribution < 1.29 is 4.21 Å². The topological polar surface area (TPSA) is 29.1 Å². The first-order valence-electron chi connectivity index (χ1n) is 6.18. The smallest absolute Gasteiger partial charge is 0.0576 e. The first-order valence-corrected chi connectivity index (χ1v) is 7.39. The van der Waals surface area contributed by atoms with Crippen molar-refractivity contribution in [2.45, 2.75) is 50.8 Å². The van der Waals surface area contributed by atoms with Crippen LogP contribution >= 0.6 is 0 Å². The van der Waals surface area contributed by atoms with Crippen molar-refractivity contribution in [3.63, 3.8) is 0 Å². The van der Waals surface area contributed by atoms with Crippen molar-refractivity contribution in [1.29, 1.82) is 0 Å². The lowest BCUT2D eigenvalue weighted by atomic mass is 10.2. The standard InChI is InChI=1S/C14H23NOS/c1-6-15-12(4)13(5)17(16)14-8-7-10(2)9-11(14)3/h7-9,12-13,15H,6H2,1-5H3. The fourth-order valence-electron chi connectivity index (χ4n) is 1.90. The molecular weight excluding hydrogens is 230 g/mol. The van der Waals surface area contributed by atoms with E-state index in [0.29, 0.717) is 0 Å². The summed E-state index contributed by atoms with van der Waals surface area (Å²) >= 11 is 0. The van der Waals surface area contributed by atoms with Crippen LogP contribution in [0.1, 0.15) is 31.9 Å². The van der Waals surface area contributed by atoms with Crippen LogP contribution in [-0.4, -0.2) is 22.0 Å². The predicted octanol–water partition coefficient (Wildman–Crippen LogP) is 2.80. The second kappa shape index (κ2) is 6.31. The second-order valence-corrected chi connectivity index (χ2v) is 6.40. The number of rotatable bonds is 5. The molecular formula is C14H23NOS. The van der Waals surface area contributed by atoms with E-state index in [1.807, 2.05) is 26.0 Å². The van der Waals surface area contributed by atoms with E-state index in [9.17, 15) is 4.21 Å². The number of aryl methyl sites for hydroxylation is 2. The van der Waals surface area contributed by atoms with Gasteiger partial charge in [0.05, 0.1) is 16.0 Å². The van der Waals surface area contributed by atoms with Crippen LogP contribution in [0.25, 0.3) is 0 Å². The Labute approximate surface area is 107 Å². The Hall–Kier alpha value is -0.670. The van der Waals surface area contributed by atoms with Gasteiger partial charge in [-0.05, 0) is 45.9 Å². The molecule has 0 aliphatic carbocycles. The van der Waals surface area contributed by atoms with Crippen molar-refractivity contribution in [1.82, 2.24) is 5.32 Å². The van der Waals surface area contributed by atoms with E-state index in [0.717, 1.165) is 17.0 Å². The maximum Gasteiger partial charge on any atom is 0.0576 e. The third kappa shape index (κ3) is 3.65. The minimum absolute atomic E-state index is 0.122. The van der Waals surface area contributed by atoms with Gasteiger partial charge in [-0.2, -0.15) is 0 Å². The Morgan fingerprint density at radius 2 is 1.94 bits per heavy atom. The highest BCUT2D eigenvalue weighted by molar-refractivity contribution is 7.85. The van der Waals surface area contributed by atoms with Crippen LogP contribution in [-0.2, 0) is 10.8 Å². The summed E-state index contributed by atoms with van der Waals surface area (Å²) in [4.78, 5) is 0.966. The Balaban J connectivity index is 2.88. The molecule has 2 nitrogen and oxygen atoms in total. The summed E-state index contributed by atoms with van der Waals surface area (Å²) < 4.78 is 12.5. The third-order valence-corrected chi connectivity index (χ3v) is 5.09. The lowest BCUT2D eigenvalue weighted by molar-refractivity contribution is 0.549. The van der Waals surface area contributed by atoms with Crippen molar-refractivity contribution in [2.75, 3.05) is 6.54 Å². The van der Waals surface area contributed by atoms with Gasteiger partial charge in [0.1, 0.15) is 0 Å². The van der Waals surface area contributed by atoms with Crippen molar-refractivity contribution in [3.8, 4) is 0 Å². The number of hydrogen-bond donors (Lipinski definition) is 1. The van der Waals surface area contributed by atoms with Gasteiger partial charge < -0.3 is 5.32 Å². The predicted molar refractivity (Wildman–Crippen MR) is 74.9 cm³/mol. The van der Waals surface area contributed by atoms with E-state index in [1.54, 1.807) is 0 Å². The summed E-state index contributed by atoms with van der Waals surface area (Å²) in [6.07, 6.45) is 0. The molecule has 3 heteroatoms. The van der Waals surface area contributed by atoms with Crippen LogP contribution in [0, 0.1) is 13.8 Å². The highest BCUT2D eigenvalue weighted by atomic mass is 32.2. The maximum atomic E-state index is 12.5. The molecule has 0 saturated heterocycles. The summed E-state index contributed by atoms with van der Waals surface area (Å²) in [6.45, 7) is 11.2. The van der Waals surface area contributed by atoms with Crippen LogP contribution in [0.5, 0.6) is 0 Å². The molecule has 0 bridgehead atoms. The van der Waals surface area contributed by atoms with Crippen LogP contribution in [0.15, 0.2) is 23.1 Å². The molecule has 1 N–H and O–H groups in total. The number of benzene rings is 1. The molecule has 0 radical (unpaired) electrons. The first-order chi connectivity index (χ1) is 7.97. The molecule has 0 spiro atoms. The van der Waals surface area contributed by atoms with Gasteiger partial charge in [-0.15, -0.1) is 0 Å². The van der Waals surface area contributed by atoms with Gasteiger partial charge in [0, 0.05) is 10.9 Å². The molecule has 0 aliphatic rings. The molecule has 17 heavy (non-hydrogen) atoms. The van der Waals surface area contributed by atoms with E-state index < -0.39 is 10.8 Å². The molecule has 0 saturated carbocycles. The molecule has 1 aromatic rings. The molecule has 0 amide bonds. The third-order valence-electron chi connectivity index (χ3n) is 3.12. The van der Waals surface area contributed by atoms with Crippen LogP contribution < -0.4 is 5.32 Å². The highest BCUT2D eigenvalue weighted by Gasteiger charge is 2.20. The molecule has 0 heterocycles. The average Bonchev–Trinajstić information content (AvgIpc) is 2.27. The molecule has 0 aromatic heterocycles. The quantitative estimate of drug-likeness (QED) is 0.874. The van der Waals surface area contributed by atoms with Crippen LogP contribution in [0.2, 0.25) is 0 Å². The first kappa shape index (κ1) is 14.4. The van der Waals surface area contributed by atoms with E-state index in [4.69, 9.17) is 0 Å². The maximum absolute atomic E-state index is 12.5. The van der Waals surface area contributed by atoms with Gasteiger partial charge in [0.2, 0.25) is 0 Å². The fraction of sp³-hybridized carbons (Fsp3) is 0.571. The van der Waals surface area contributed by atoms with Gasteiger partial charge in [-0.25, -0.2) is 0 Å². The molecule has 0 aliphatic heterocycles. The molecule has 0 fully saturated rings. The summed E-state index contributed by atoms with van der Waals surface area (Å²) in [5, 5.41) is 3.46. The van der Waals surface area contributed by atoms with E-state index in [-0.39, 0.29) is 11.3 Å². The number of hydrogen-bond acceptors (Lipinski definition) is 2. The van der Waals surface area contributed by atoms with Gasteiger partial charge >= 0.3 is 0 Å². The molecule has 3 unspecified atom stereocenters. The van der Waals surface area contributed by atoms with E-state index >= 15 is 0 Å². The molecule has 3 atom stereocenters. The zero-order chi connectivity index (χ0) is 13.0. The zero-order valence-electron chi connectivity index (χ0n) is 11.4.